The van der Waals surface area contributed by atoms with Gasteiger partial charge in [-0.3, -0.25) is 4.79 Å². The average molecular weight is 442 g/mol. The smallest absolute Gasteiger partial charge is 0.283 e. The number of sulfonamides is 1. The maximum atomic E-state index is 12.4. The fraction of sp³-hybridized carbons (Fsp3) is 0.391. The average Bonchev–Trinajstić information content (AvgIpc) is 3.41. The number of ether oxygens (including phenoxy) is 1. The lowest BCUT2D eigenvalue weighted by atomic mass is 9.96. The van der Waals surface area contributed by atoms with E-state index in [-0.39, 0.29) is 11.4 Å². The van der Waals surface area contributed by atoms with Crippen molar-refractivity contribution in [2.24, 2.45) is 0 Å². The van der Waals surface area contributed by atoms with Crippen molar-refractivity contribution >= 4 is 26.8 Å². The van der Waals surface area contributed by atoms with Crippen LogP contribution in [0.1, 0.15) is 66.0 Å². The minimum Gasteiger partial charge on any atom is -0.497 e. The van der Waals surface area contributed by atoms with Gasteiger partial charge in [0.1, 0.15) is 11.4 Å². The molecule has 0 saturated heterocycles. The molecule has 1 aliphatic carbocycles. The van der Waals surface area contributed by atoms with Crippen molar-refractivity contribution in [2.75, 3.05) is 12.9 Å². The summed E-state index contributed by atoms with van der Waals surface area (Å²) in [5, 5.41) is 1.12. The van der Waals surface area contributed by atoms with Gasteiger partial charge in [0.2, 0.25) is 10.0 Å². The molecule has 164 valence electrons. The third-order valence-electron chi connectivity index (χ3n) is 5.94. The second kappa shape index (κ2) is 8.70. The van der Waals surface area contributed by atoms with Gasteiger partial charge in [0.15, 0.2) is 0 Å². The summed E-state index contributed by atoms with van der Waals surface area (Å²) >= 11 is 0. The van der Waals surface area contributed by atoms with E-state index in [1.165, 1.54) is 37.1 Å². The van der Waals surface area contributed by atoms with Gasteiger partial charge in [-0.05, 0) is 55.5 Å². The number of aromatic amines is 1. The minimum atomic E-state index is -3.64. The van der Waals surface area contributed by atoms with Crippen molar-refractivity contribution in [3.05, 3.63) is 59.0 Å². The molecule has 2 N–H and O–H groups in total. The number of carbonyl (C=O) groups is 1. The fourth-order valence-corrected chi connectivity index (χ4v) is 4.82. The summed E-state index contributed by atoms with van der Waals surface area (Å²) in [6.45, 7) is 1.48. The lowest BCUT2D eigenvalue weighted by Crippen LogP contribution is -2.32. The zero-order chi connectivity index (χ0) is 22.0. The Kier molecular flexibility index (Phi) is 6.00. The number of fused-ring (bicyclic) bond motifs is 1. The fourth-order valence-electron chi connectivity index (χ4n) is 4.29. The predicted molar refractivity (Wildman–Crippen MR) is 120 cm³/mol. The van der Waals surface area contributed by atoms with E-state index < -0.39 is 15.9 Å². The van der Waals surface area contributed by atoms with Crippen LogP contribution >= 0.6 is 0 Å². The number of nitrogens with one attached hydrogen (secondary N) is 2. The number of H-pyrrole nitrogens is 1. The molecule has 1 saturated carbocycles. The summed E-state index contributed by atoms with van der Waals surface area (Å²) in [4.78, 5) is 20.4. The molecule has 0 unspecified atom stereocenters. The standard InChI is InChI=1S/C23H27N3O4S/c1-3-31(28,29)26-23(27)20-10-6-9-16(24-20)13-19-18-12-11-17(30-2)14-21(18)25-22(19)15-7-4-5-8-15/h6,9-12,14-15,25H,3-5,7-8,13H2,1-2H3,(H,26,27). The van der Waals surface area contributed by atoms with Crippen LogP contribution < -0.4 is 9.46 Å². The molecule has 4 rings (SSSR count). The van der Waals surface area contributed by atoms with Crippen molar-refractivity contribution in [1.82, 2.24) is 14.7 Å². The summed E-state index contributed by atoms with van der Waals surface area (Å²) in [7, 11) is -1.98. The van der Waals surface area contributed by atoms with Gasteiger partial charge in [-0.1, -0.05) is 18.9 Å². The number of carbonyl (C=O) groups excluding carboxylic acids is 1. The van der Waals surface area contributed by atoms with Gasteiger partial charge in [0.25, 0.3) is 5.91 Å². The van der Waals surface area contributed by atoms with Crippen LogP contribution in [0, 0.1) is 0 Å². The van der Waals surface area contributed by atoms with Gasteiger partial charge in [-0.15, -0.1) is 0 Å². The number of rotatable bonds is 7. The molecule has 31 heavy (non-hydrogen) atoms. The van der Waals surface area contributed by atoms with Crippen LogP contribution in [0.5, 0.6) is 5.75 Å². The van der Waals surface area contributed by atoms with Crippen molar-refractivity contribution in [3.63, 3.8) is 0 Å². The van der Waals surface area contributed by atoms with Crippen molar-refractivity contribution in [2.45, 2.75) is 44.9 Å². The highest BCUT2D eigenvalue weighted by Crippen LogP contribution is 2.39. The highest BCUT2D eigenvalue weighted by molar-refractivity contribution is 7.90. The Bertz CT molecular complexity index is 1210. The molecule has 0 radical (unpaired) electrons. The van der Waals surface area contributed by atoms with Crippen LogP contribution in [-0.4, -0.2) is 37.2 Å². The molecule has 0 spiro atoms. The molecule has 1 aliphatic rings. The highest BCUT2D eigenvalue weighted by atomic mass is 32.2. The second-order valence-electron chi connectivity index (χ2n) is 7.94. The molecule has 7 nitrogen and oxygen atoms in total. The third kappa shape index (κ3) is 4.58. The van der Waals surface area contributed by atoms with Gasteiger partial charge < -0.3 is 9.72 Å². The molecule has 2 aromatic heterocycles. The number of aromatic nitrogens is 2. The highest BCUT2D eigenvalue weighted by Gasteiger charge is 2.24. The van der Waals surface area contributed by atoms with Crippen molar-refractivity contribution < 1.29 is 17.9 Å². The Hall–Kier alpha value is -2.87. The van der Waals surface area contributed by atoms with Crippen LogP contribution in [0.2, 0.25) is 0 Å². The van der Waals surface area contributed by atoms with E-state index in [0.717, 1.165) is 35.2 Å². The Labute approximate surface area is 182 Å². The summed E-state index contributed by atoms with van der Waals surface area (Å²) in [5.41, 5.74) is 4.25. The van der Waals surface area contributed by atoms with E-state index in [2.05, 4.69) is 20.8 Å². The first kappa shape index (κ1) is 21.4. The quantitative estimate of drug-likeness (QED) is 0.579. The maximum absolute atomic E-state index is 12.4. The monoisotopic (exact) mass is 441 g/mol. The molecule has 1 aromatic carbocycles. The minimum absolute atomic E-state index is 0.0958. The zero-order valence-corrected chi connectivity index (χ0v) is 18.6. The largest absolute Gasteiger partial charge is 0.497 e. The SMILES string of the molecule is CCS(=O)(=O)NC(=O)c1cccc(Cc2c(C3CCCC3)[nH]c3cc(OC)ccc23)n1. The number of hydrogen-bond acceptors (Lipinski definition) is 5. The van der Waals surface area contributed by atoms with E-state index in [9.17, 15) is 13.2 Å². The van der Waals surface area contributed by atoms with Crippen LogP contribution in [0.15, 0.2) is 36.4 Å². The number of benzene rings is 1. The summed E-state index contributed by atoms with van der Waals surface area (Å²) in [5.74, 6) is 0.410. The normalized spacial score (nSPS) is 14.8. The van der Waals surface area contributed by atoms with E-state index >= 15 is 0 Å². The number of hydrogen-bond donors (Lipinski definition) is 2. The van der Waals surface area contributed by atoms with Crippen molar-refractivity contribution in [1.29, 1.82) is 0 Å². The zero-order valence-electron chi connectivity index (χ0n) is 17.8. The Morgan fingerprint density at radius 2 is 2.00 bits per heavy atom. The molecule has 8 heteroatoms. The molecule has 0 aliphatic heterocycles. The first-order valence-electron chi connectivity index (χ1n) is 10.6. The van der Waals surface area contributed by atoms with Crippen LogP contribution in [0.3, 0.4) is 0 Å². The molecule has 0 bridgehead atoms. The van der Waals surface area contributed by atoms with Crippen LogP contribution in [0.25, 0.3) is 10.9 Å². The second-order valence-corrected chi connectivity index (χ2v) is 9.95. The predicted octanol–water partition coefficient (Wildman–Crippen LogP) is 3.90. The van der Waals surface area contributed by atoms with E-state index in [0.29, 0.717) is 12.3 Å². The summed E-state index contributed by atoms with van der Waals surface area (Å²) in [6.07, 6.45) is 5.31. The molecule has 2 heterocycles. The summed E-state index contributed by atoms with van der Waals surface area (Å²) in [6, 6.07) is 11.1. The first-order chi connectivity index (χ1) is 14.9. The number of nitrogens with zero attached hydrogens (tertiary/aromatic N) is 1. The van der Waals surface area contributed by atoms with E-state index in [4.69, 9.17) is 4.74 Å². The number of methoxy groups -OCH3 is 1. The van der Waals surface area contributed by atoms with Gasteiger partial charge >= 0.3 is 0 Å². The molecule has 1 fully saturated rings. The van der Waals surface area contributed by atoms with Crippen LogP contribution in [0.4, 0.5) is 0 Å². The molecular weight excluding hydrogens is 414 g/mol. The van der Waals surface area contributed by atoms with Gasteiger partial charge in [0.05, 0.1) is 12.9 Å². The van der Waals surface area contributed by atoms with Crippen molar-refractivity contribution in [3.8, 4) is 5.75 Å². The van der Waals surface area contributed by atoms with E-state index in [1.807, 2.05) is 18.2 Å². The van der Waals surface area contributed by atoms with Gasteiger partial charge in [-0.2, -0.15) is 0 Å². The molecule has 0 atom stereocenters. The lowest BCUT2D eigenvalue weighted by Gasteiger charge is -2.12. The Morgan fingerprint density at radius 3 is 2.71 bits per heavy atom. The van der Waals surface area contributed by atoms with E-state index in [1.54, 1.807) is 13.2 Å². The molecular formula is C23H27N3O4S. The van der Waals surface area contributed by atoms with Crippen LogP contribution in [-0.2, 0) is 16.4 Å². The van der Waals surface area contributed by atoms with Gasteiger partial charge in [0, 0.05) is 34.8 Å². The molecule has 3 aromatic rings. The first-order valence-corrected chi connectivity index (χ1v) is 12.2. The third-order valence-corrected chi connectivity index (χ3v) is 7.19. The Balaban J connectivity index is 1.69. The number of amides is 1. The van der Waals surface area contributed by atoms with Gasteiger partial charge in [-0.25, -0.2) is 18.1 Å². The molecule has 1 amide bonds. The lowest BCUT2D eigenvalue weighted by molar-refractivity contribution is 0.0976. The number of pyridine rings is 1. The summed E-state index contributed by atoms with van der Waals surface area (Å²) < 4.78 is 30.9. The maximum Gasteiger partial charge on any atom is 0.283 e. The topological polar surface area (TPSA) is 101 Å². The Morgan fingerprint density at radius 1 is 1.23 bits per heavy atom.